The standard InChI is InChI=1S/C19H23N7/c1-12-6-18(26-17(23-12)4-5-22-26)24-7-15-9-25(10-16(15)8-24)19-13(2)14(3)20-11-21-19/h4-6,11,15-16H,7-10H2,1-3H3. The maximum Gasteiger partial charge on any atom is 0.157 e. The van der Waals surface area contributed by atoms with Gasteiger partial charge in [-0.3, -0.25) is 0 Å². The van der Waals surface area contributed by atoms with E-state index in [1.165, 1.54) is 5.56 Å². The minimum Gasteiger partial charge on any atom is -0.356 e. The van der Waals surface area contributed by atoms with Crippen LogP contribution in [-0.4, -0.2) is 50.7 Å². The van der Waals surface area contributed by atoms with E-state index in [0.717, 1.165) is 54.8 Å². The molecule has 5 rings (SSSR count). The van der Waals surface area contributed by atoms with Gasteiger partial charge >= 0.3 is 0 Å². The lowest BCUT2D eigenvalue weighted by atomic mass is 10.0. The Hall–Kier alpha value is -2.70. The molecular weight excluding hydrogens is 326 g/mol. The van der Waals surface area contributed by atoms with Gasteiger partial charge in [-0.05, 0) is 20.8 Å². The van der Waals surface area contributed by atoms with Crippen molar-refractivity contribution < 1.29 is 0 Å². The van der Waals surface area contributed by atoms with Gasteiger partial charge in [0.15, 0.2) is 5.65 Å². The summed E-state index contributed by atoms with van der Waals surface area (Å²) in [6, 6.07) is 4.12. The predicted molar refractivity (Wildman–Crippen MR) is 101 cm³/mol. The zero-order valence-corrected chi connectivity index (χ0v) is 15.4. The fourth-order valence-electron chi connectivity index (χ4n) is 4.44. The van der Waals surface area contributed by atoms with Crippen molar-refractivity contribution in [2.75, 3.05) is 36.0 Å². The first-order chi connectivity index (χ1) is 12.6. The Morgan fingerprint density at radius 2 is 1.69 bits per heavy atom. The summed E-state index contributed by atoms with van der Waals surface area (Å²) < 4.78 is 1.96. The van der Waals surface area contributed by atoms with Gasteiger partial charge in [-0.25, -0.2) is 15.0 Å². The summed E-state index contributed by atoms with van der Waals surface area (Å²) in [6.45, 7) is 10.5. The molecule has 0 aromatic carbocycles. The molecule has 2 aliphatic rings. The number of hydrogen-bond donors (Lipinski definition) is 0. The van der Waals surface area contributed by atoms with Crippen LogP contribution in [-0.2, 0) is 0 Å². The quantitative estimate of drug-likeness (QED) is 0.705. The Morgan fingerprint density at radius 1 is 0.962 bits per heavy atom. The lowest BCUT2D eigenvalue weighted by Gasteiger charge is -2.25. The Morgan fingerprint density at radius 3 is 2.46 bits per heavy atom. The van der Waals surface area contributed by atoms with Crippen LogP contribution in [0.3, 0.4) is 0 Å². The van der Waals surface area contributed by atoms with Crippen LogP contribution in [0.5, 0.6) is 0 Å². The van der Waals surface area contributed by atoms with Crippen LogP contribution in [0, 0.1) is 32.6 Å². The molecule has 7 heteroatoms. The molecule has 5 heterocycles. The first-order valence-corrected chi connectivity index (χ1v) is 9.19. The molecule has 2 fully saturated rings. The molecule has 2 saturated heterocycles. The van der Waals surface area contributed by atoms with Crippen LogP contribution >= 0.6 is 0 Å². The number of hydrogen-bond acceptors (Lipinski definition) is 6. The Labute approximate surface area is 152 Å². The molecule has 0 radical (unpaired) electrons. The van der Waals surface area contributed by atoms with Crippen LogP contribution in [0.2, 0.25) is 0 Å². The summed E-state index contributed by atoms with van der Waals surface area (Å²) in [4.78, 5) is 18.3. The summed E-state index contributed by atoms with van der Waals surface area (Å²) in [5.41, 5.74) is 4.24. The zero-order chi connectivity index (χ0) is 17.8. The lowest BCUT2D eigenvalue weighted by Crippen LogP contribution is -2.31. The summed E-state index contributed by atoms with van der Waals surface area (Å²) >= 11 is 0. The highest BCUT2D eigenvalue weighted by Gasteiger charge is 2.41. The largest absolute Gasteiger partial charge is 0.356 e. The van der Waals surface area contributed by atoms with Crippen molar-refractivity contribution in [3.05, 3.63) is 41.6 Å². The van der Waals surface area contributed by atoms with Gasteiger partial charge < -0.3 is 9.80 Å². The van der Waals surface area contributed by atoms with Crippen LogP contribution < -0.4 is 9.80 Å². The smallest absolute Gasteiger partial charge is 0.157 e. The molecule has 2 atom stereocenters. The van der Waals surface area contributed by atoms with Gasteiger partial charge in [-0.2, -0.15) is 9.61 Å². The molecule has 0 bridgehead atoms. The third-order valence-electron chi connectivity index (χ3n) is 5.89. The van der Waals surface area contributed by atoms with Crippen molar-refractivity contribution in [1.82, 2.24) is 24.6 Å². The van der Waals surface area contributed by atoms with Gasteiger partial charge in [0, 0.05) is 67.1 Å². The van der Waals surface area contributed by atoms with E-state index in [4.69, 9.17) is 0 Å². The van der Waals surface area contributed by atoms with Crippen molar-refractivity contribution in [2.45, 2.75) is 20.8 Å². The van der Waals surface area contributed by atoms with Crippen LogP contribution in [0.1, 0.15) is 17.0 Å². The van der Waals surface area contributed by atoms with E-state index < -0.39 is 0 Å². The van der Waals surface area contributed by atoms with E-state index in [9.17, 15) is 0 Å². The Kier molecular flexibility index (Phi) is 3.38. The molecule has 0 N–H and O–H groups in total. The van der Waals surface area contributed by atoms with Gasteiger partial charge in [0.25, 0.3) is 0 Å². The monoisotopic (exact) mass is 349 g/mol. The normalized spacial score (nSPS) is 22.4. The van der Waals surface area contributed by atoms with E-state index in [2.05, 4.69) is 56.7 Å². The Balaban J connectivity index is 1.39. The second-order valence-electron chi connectivity index (χ2n) is 7.59. The fourth-order valence-corrected chi connectivity index (χ4v) is 4.44. The topological polar surface area (TPSA) is 62.5 Å². The lowest BCUT2D eigenvalue weighted by molar-refractivity contribution is 0.533. The highest BCUT2D eigenvalue weighted by atomic mass is 15.4. The maximum atomic E-state index is 4.56. The summed E-state index contributed by atoms with van der Waals surface area (Å²) in [6.07, 6.45) is 3.51. The zero-order valence-electron chi connectivity index (χ0n) is 15.4. The first kappa shape index (κ1) is 15.5. The average Bonchev–Trinajstić information content (AvgIpc) is 3.30. The average molecular weight is 349 g/mol. The molecule has 26 heavy (non-hydrogen) atoms. The molecule has 2 aliphatic heterocycles. The molecular formula is C19H23N7. The van der Waals surface area contributed by atoms with E-state index in [0.29, 0.717) is 11.8 Å². The van der Waals surface area contributed by atoms with Gasteiger partial charge in [-0.1, -0.05) is 0 Å². The van der Waals surface area contributed by atoms with Gasteiger partial charge in [0.05, 0.1) is 6.20 Å². The fraction of sp³-hybridized carbons (Fsp3) is 0.474. The van der Waals surface area contributed by atoms with Crippen molar-refractivity contribution in [3.8, 4) is 0 Å². The number of aryl methyl sites for hydroxylation is 2. The molecule has 0 aliphatic carbocycles. The minimum absolute atomic E-state index is 0.656. The van der Waals surface area contributed by atoms with E-state index in [1.807, 2.05) is 16.8 Å². The van der Waals surface area contributed by atoms with E-state index >= 15 is 0 Å². The molecule has 3 aromatic heterocycles. The Bertz CT molecular complexity index is 965. The van der Waals surface area contributed by atoms with Crippen molar-refractivity contribution in [3.63, 3.8) is 0 Å². The number of fused-ring (bicyclic) bond motifs is 2. The molecule has 0 spiro atoms. The number of rotatable bonds is 2. The highest BCUT2D eigenvalue weighted by Crippen LogP contribution is 2.36. The highest BCUT2D eigenvalue weighted by molar-refractivity contribution is 5.53. The summed E-state index contributed by atoms with van der Waals surface area (Å²) in [7, 11) is 0. The SMILES string of the molecule is Cc1cc(N2CC3CN(c4ncnc(C)c4C)CC3C2)n2nccc2n1. The van der Waals surface area contributed by atoms with Gasteiger partial charge in [-0.15, -0.1) is 0 Å². The maximum absolute atomic E-state index is 4.56. The van der Waals surface area contributed by atoms with Crippen molar-refractivity contribution in [2.24, 2.45) is 11.8 Å². The second-order valence-corrected chi connectivity index (χ2v) is 7.59. The van der Waals surface area contributed by atoms with Crippen molar-refractivity contribution >= 4 is 17.3 Å². The summed E-state index contributed by atoms with van der Waals surface area (Å²) in [5, 5.41) is 4.47. The molecule has 0 saturated carbocycles. The predicted octanol–water partition coefficient (Wildman–Crippen LogP) is 2.02. The van der Waals surface area contributed by atoms with E-state index in [1.54, 1.807) is 6.33 Å². The molecule has 3 aromatic rings. The van der Waals surface area contributed by atoms with E-state index in [-0.39, 0.29) is 0 Å². The molecule has 0 amide bonds. The minimum atomic E-state index is 0.656. The third kappa shape index (κ3) is 2.34. The molecule has 2 unspecified atom stereocenters. The van der Waals surface area contributed by atoms with Crippen LogP contribution in [0.4, 0.5) is 11.6 Å². The summed E-state index contributed by atoms with van der Waals surface area (Å²) in [5.74, 6) is 3.58. The van der Waals surface area contributed by atoms with Crippen LogP contribution in [0.15, 0.2) is 24.7 Å². The second kappa shape index (κ2) is 5.65. The third-order valence-corrected chi connectivity index (χ3v) is 5.89. The molecule has 134 valence electrons. The van der Waals surface area contributed by atoms with Gasteiger partial charge in [0.1, 0.15) is 18.0 Å². The van der Waals surface area contributed by atoms with Crippen LogP contribution in [0.25, 0.3) is 5.65 Å². The number of anilines is 2. The molecule has 7 nitrogen and oxygen atoms in total. The number of aromatic nitrogens is 5. The van der Waals surface area contributed by atoms with Gasteiger partial charge in [0.2, 0.25) is 0 Å². The first-order valence-electron chi connectivity index (χ1n) is 9.19. The van der Waals surface area contributed by atoms with Crippen molar-refractivity contribution in [1.29, 1.82) is 0 Å². The number of nitrogens with zero attached hydrogens (tertiary/aromatic N) is 7.